The molecule has 0 aliphatic carbocycles. The molecule has 0 aromatic rings. The van der Waals surface area contributed by atoms with Crippen LogP contribution in [0, 0.1) is 11.8 Å². The van der Waals surface area contributed by atoms with Crippen molar-refractivity contribution in [2.75, 3.05) is 6.54 Å². The molecular formula is C8H13NO. The lowest BCUT2D eigenvalue weighted by atomic mass is 10.3. The second-order valence-corrected chi connectivity index (χ2v) is 1.98. The van der Waals surface area contributed by atoms with Gasteiger partial charge in [0.1, 0.15) is 0 Å². The molecule has 0 atom stereocenters. The molecule has 2 heteroatoms. The van der Waals surface area contributed by atoms with Gasteiger partial charge in [-0.25, -0.2) is 0 Å². The minimum atomic E-state index is -0.170. The number of rotatable bonds is 3. The van der Waals surface area contributed by atoms with Gasteiger partial charge >= 0.3 is 0 Å². The summed E-state index contributed by atoms with van der Waals surface area (Å²) in [5.41, 5.74) is 0. The van der Waals surface area contributed by atoms with Crippen LogP contribution in [0.2, 0.25) is 0 Å². The molecule has 0 aliphatic heterocycles. The van der Waals surface area contributed by atoms with Crippen LogP contribution in [-0.2, 0) is 4.79 Å². The highest BCUT2D eigenvalue weighted by Gasteiger charge is 1.90. The maximum absolute atomic E-state index is 10.6. The lowest BCUT2D eigenvalue weighted by Gasteiger charge is -1.96. The highest BCUT2D eigenvalue weighted by Crippen LogP contribution is 1.81. The van der Waals surface area contributed by atoms with Gasteiger partial charge in [-0.05, 0) is 19.3 Å². The van der Waals surface area contributed by atoms with E-state index in [2.05, 4.69) is 24.1 Å². The van der Waals surface area contributed by atoms with Crippen LogP contribution in [-0.4, -0.2) is 12.5 Å². The van der Waals surface area contributed by atoms with Crippen molar-refractivity contribution in [2.45, 2.75) is 26.7 Å². The van der Waals surface area contributed by atoms with E-state index in [1.807, 2.05) is 0 Å². The van der Waals surface area contributed by atoms with Crippen molar-refractivity contribution in [3.05, 3.63) is 0 Å². The Labute approximate surface area is 62.0 Å². The van der Waals surface area contributed by atoms with Crippen LogP contribution in [0.5, 0.6) is 0 Å². The normalized spacial score (nSPS) is 7.80. The number of amides is 1. The van der Waals surface area contributed by atoms with Gasteiger partial charge in [0.2, 0.25) is 0 Å². The molecule has 0 fully saturated rings. The van der Waals surface area contributed by atoms with Gasteiger partial charge in [-0.15, -0.1) is 0 Å². The molecule has 0 heterocycles. The summed E-state index contributed by atoms with van der Waals surface area (Å²) in [6, 6.07) is 0. The van der Waals surface area contributed by atoms with E-state index < -0.39 is 0 Å². The highest BCUT2D eigenvalue weighted by molar-refractivity contribution is 5.93. The van der Waals surface area contributed by atoms with Crippen LogP contribution in [0.1, 0.15) is 26.7 Å². The molecule has 0 radical (unpaired) electrons. The Morgan fingerprint density at radius 1 is 1.60 bits per heavy atom. The molecule has 0 spiro atoms. The first-order chi connectivity index (χ1) is 4.81. The van der Waals surface area contributed by atoms with Crippen LogP contribution in [0.15, 0.2) is 0 Å². The maximum atomic E-state index is 10.6. The molecule has 1 amide bonds. The molecule has 0 unspecified atom stereocenters. The fourth-order valence-electron chi connectivity index (χ4n) is 0.536. The summed E-state index contributed by atoms with van der Waals surface area (Å²) in [4.78, 5) is 10.6. The molecule has 0 aromatic heterocycles. The van der Waals surface area contributed by atoms with Crippen LogP contribution in [0.25, 0.3) is 0 Å². The number of hydrogen-bond acceptors (Lipinski definition) is 1. The Morgan fingerprint density at radius 3 is 2.80 bits per heavy atom. The van der Waals surface area contributed by atoms with Crippen LogP contribution in [0.3, 0.4) is 0 Å². The van der Waals surface area contributed by atoms with Crippen LogP contribution in [0.4, 0.5) is 0 Å². The zero-order chi connectivity index (χ0) is 7.82. The van der Waals surface area contributed by atoms with Gasteiger partial charge in [0.05, 0.1) is 0 Å². The maximum Gasteiger partial charge on any atom is 0.295 e. The minimum Gasteiger partial charge on any atom is -0.345 e. The van der Waals surface area contributed by atoms with Crippen molar-refractivity contribution < 1.29 is 4.79 Å². The monoisotopic (exact) mass is 139 g/mol. The first-order valence-corrected chi connectivity index (χ1v) is 3.51. The van der Waals surface area contributed by atoms with Crippen molar-refractivity contribution >= 4 is 5.91 Å². The molecule has 2 nitrogen and oxygen atoms in total. The lowest BCUT2D eigenvalue weighted by Crippen LogP contribution is -2.22. The Kier molecular flexibility index (Phi) is 5.56. The van der Waals surface area contributed by atoms with Crippen molar-refractivity contribution in [1.82, 2.24) is 5.32 Å². The first kappa shape index (κ1) is 9.03. The summed E-state index contributed by atoms with van der Waals surface area (Å²) < 4.78 is 0. The molecule has 0 aliphatic rings. The predicted octanol–water partition coefficient (Wildman–Crippen LogP) is 0.926. The van der Waals surface area contributed by atoms with E-state index in [1.54, 1.807) is 6.92 Å². The third-order valence-electron chi connectivity index (χ3n) is 1.05. The topological polar surface area (TPSA) is 29.1 Å². The molecule has 0 bridgehead atoms. The van der Waals surface area contributed by atoms with E-state index in [0.717, 1.165) is 19.4 Å². The van der Waals surface area contributed by atoms with E-state index in [0.29, 0.717) is 0 Å². The third kappa shape index (κ3) is 5.17. The van der Waals surface area contributed by atoms with Gasteiger partial charge in [0, 0.05) is 6.54 Å². The predicted molar refractivity (Wildman–Crippen MR) is 41.4 cm³/mol. The lowest BCUT2D eigenvalue weighted by molar-refractivity contribution is -0.115. The standard InChI is InChI=1S/C8H13NO/c1-3-5-7-9-8(10)6-4-2/h3,5,7H2,1-2H3,(H,9,10). The second kappa shape index (κ2) is 6.15. The van der Waals surface area contributed by atoms with Crippen molar-refractivity contribution in [3.8, 4) is 11.8 Å². The molecule has 1 N–H and O–H groups in total. The number of nitrogens with one attached hydrogen (secondary N) is 1. The van der Waals surface area contributed by atoms with Crippen molar-refractivity contribution in [2.24, 2.45) is 0 Å². The summed E-state index contributed by atoms with van der Waals surface area (Å²) in [6.07, 6.45) is 2.12. The molecule has 56 valence electrons. The van der Waals surface area contributed by atoms with E-state index in [-0.39, 0.29) is 5.91 Å². The average Bonchev–Trinajstić information content (AvgIpc) is 1.89. The number of carbonyl (C=O) groups excluding carboxylic acids is 1. The van der Waals surface area contributed by atoms with Crippen molar-refractivity contribution in [3.63, 3.8) is 0 Å². The Balaban J connectivity index is 3.28. The second-order valence-electron chi connectivity index (χ2n) is 1.98. The Hall–Kier alpha value is -0.970. The summed E-state index contributed by atoms with van der Waals surface area (Å²) in [6.45, 7) is 4.47. The zero-order valence-electron chi connectivity index (χ0n) is 6.53. The molecule has 0 saturated carbocycles. The summed E-state index contributed by atoms with van der Waals surface area (Å²) >= 11 is 0. The van der Waals surface area contributed by atoms with Crippen LogP contribution >= 0.6 is 0 Å². The fourth-order valence-corrected chi connectivity index (χ4v) is 0.536. The van der Waals surface area contributed by atoms with Gasteiger partial charge in [-0.2, -0.15) is 0 Å². The smallest absolute Gasteiger partial charge is 0.295 e. The minimum absolute atomic E-state index is 0.170. The number of carbonyl (C=O) groups is 1. The number of unbranched alkanes of at least 4 members (excludes halogenated alkanes) is 1. The quantitative estimate of drug-likeness (QED) is 0.457. The van der Waals surface area contributed by atoms with Gasteiger partial charge in [-0.3, -0.25) is 4.79 Å². The van der Waals surface area contributed by atoms with Gasteiger partial charge in [-0.1, -0.05) is 19.3 Å². The summed E-state index contributed by atoms with van der Waals surface area (Å²) in [5, 5.41) is 2.67. The molecular weight excluding hydrogens is 126 g/mol. The van der Waals surface area contributed by atoms with E-state index in [1.165, 1.54) is 0 Å². The molecule has 0 saturated heterocycles. The third-order valence-corrected chi connectivity index (χ3v) is 1.05. The first-order valence-electron chi connectivity index (χ1n) is 3.51. The molecule has 0 aromatic carbocycles. The molecule has 10 heavy (non-hydrogen) atoms. The zero-order valence-corrected chi connectivity index (χ0v) is 6.53. The van der Waals surface area contributed by atoms with Gasteiger partial charge < -0.3 is 5.32 Å². The van der Waals surface area contributed by atoms with E-state index in [4.69, 9.17) is 0 Å². The van der Waals surface area contributed by atoms with E-state index >= 15 is 0 Å². The molecule has 0 rings (SSSR count). The summed E-state index contributed by atoms with van der Waals surface area (Å²) in [7, 11) is 0. The highest BCUT2D eigenvalue weighted by atomic mass is 16.1. The van der Waals surface area contributed by atoms with E-state index in [9.17, 15) is 4.79 Å². The summed E-state index contributed by atoms with van der Waals surface area (Å²) in [5.74, 6) is 4.77. The largest absolute Gasteiger partial charge is 0.345 e. The van der Waals surface area contributed by atoms with Crippen LogP contribution < -0.4 is 5.32 Å². The van der Waals surface area contributed by atoms with Gasteiger partial charge in [0.15, 0.2) is 0 Å². The van der Waals surface area contributed by atoms with Gasteiger partial charge in [0.25, 0.3) is 5.91 Å². The SMILES string of the molecule is CC#CC(=O)NCCCC. The number of hydrogen-bond donors (Lipinski definition) is 1. The Morgan fingerprint density at radius 2 is 2.30 bits per heavy atom. The average molecular weight is 139 g/mol. The van der Waals surface area contributed by atoms with Crippen molar-refractivity contribution in [1.29, 1.82) is 0 Å². The fraction of sp³-hybridized carbons (Fsp3) is 0.625. The Bertz CT molecular complexity index is 152.